The fraction of sp³-hybridized carbons (Fsp3) is 0.481. The van der Waals surface area contributed by atoms with E-state index in [1.54, 1.807) is 12.1 Å². The van der Waals surface area contributed by atoms with Gasteiger partial charge in [-0.05, 0) is 67.6 Å². The van der Waals surface area contributed by atoms with Gasteiger partial charge < -0.3 is 25.4 Å². The minimum absolute atomic E-state index is 0.0319. The number of hydrogen-bond acceptors (Lipinski definition) is 7. The first-order valence-electron chi connectivity index (χ1n) is 12.6. The summed E-state index contributed by atoms with van der Waals surface area (Å²) in [6.07, 6.45) is 5.24. The number of rotatable bonds is 16. The number of benzene rings is 2. The number of nitrogens with one attached hydrogen (secondary N) is 2. The van der Waals surface area contributed by atoms with Gasteiger partial charge >= 0.3 is 6.03 Å². The monoisotopic (exact) mass is 499 g/mol. The maximum atomic E-state index is 11.8. The number of carbonyl (C=O) groups excluding carboxylic acids is 2. The molecule has 1 aliphatic heterocycles. The zero-order chi connectivity index (χ0) is 25.8. The second-order valence-corrected chi connectivity index (χ2v) is 9.01. The van der Waals surface area contributed by atoms with Crippen molar-refractivity contribution >= 4 is 17.6 Å². The normalized spacial score (nSPS) is 14.3. The van der Waals surface area contributed by atoms with Gasteiger partial charge in [0.25, 0.3) is 0 Å². The third-order valence-electron chi connectivity index (χ3n) is 6.16. The molecule has 9 nitrogen and oxygen atoms in total. The molecule has 196 valence electrons. The molecule has 2 aromatic carbocycles. The number of aromatic hydroxyl groups is 1. The molecule has 3 amide bonds. The number of anilines is 1. The highest BCUT2D eigenvalue weighted by Crippen LogP contribution is 2.22. The van der Waals surface area contributed by atoms with E-state index in [0.717, 1.165) is 62.9 Å². The van der Waals surface area contributed by atoms with Gasteiger partial charge in [0.2, 0.25) is 5.91 Å². The largest absolute Gasteiger partial charge is 0.508 e. The van der Waals surface area contributed by atoms with E-state index in [9.17, 15) is 24.9 Å². The summed E-state index contributed by atoms with van der Waals surface area (Å²) in [4.78, 5) is 24.7. The molecular weight excluding hydrogens is 462 g/mol. The van der Waals surface area contributed by atoms with Gasteiger partial charge in [0.05, 0.1) is 12.7 Å². The molecule has 0 bridgehead atoms. The number of carbonyl (C=O) groups is 2. The van der Waals surface area contributed by atoms with Gasteiger partial charge in [-0.3, -0.25) is 15.0 Å². The van der Waals surface area contributed by atoms with E-state index >= 15 is 0 Å². The van der Waals surface area contributed by atoms with Gasteiger partial charge in [0, 0.05) is 31.0 Å². The third kappa shape index (κ3) is 8.60. The number of hydrogen-bond donors (Lipinski definition) is 5. The Morgan fingerprint density at radius 3 is 2.61 bits per heavy atom. The minimum Gasteiger partial charge on any atom is -0.508 e. The van der Waals surface area contributed by atoms with Crippen LogP contribution in [0.25, 0.3) is 0 Å². The number of amides is 3. The van der Waals surface area contributed by atoms with E-state index in [2.05, 4.69) is 10.6 Å². The fourth-order valence-corrected chi connectivity index (χ4v) is 4.11. The van der Waals surface area contributed by atoms with Crippen molar-refractivity contribution in [1.82, 2.24) is 10.6 Å². The summed E-state index contributed by atoms with van der Waals surface area (Å²) >= 11 is 0. The highest BCUT2D eigenvalue weighted by atomic mass is 16.5. The van der Waals surface area contributed by atoms with Gasteiger partial charge in [-0.25, -0.2) is 4.79 Å². The van der Waals surface area contributed by atoms with E-state index in [-0.39, 0.29) is 30.8 Å². The van der Waals surface area contributed by atoms with E-state index < -0.39 is 6.10 Å². The molecule has 9 heteroatoms. The van der Waals surface area contributed by atoms with E-state index in [1.807, 2.05) is 24.3 Å². The summed E-state index contributed by atoms with van der Waals surface area (Å²) in [6.45, 7) is 2.45. The van der Waals surface area contributed by atoms with Crippen LogP contribution in [-0.4, -0.2) is 60.1 Å². The van der Waals surface area contributed by atoms with Crippen LogP contribution in [-0.2, 0) is 22.6 Å². The Kier molecular flexibility index (Phi) is 11.2. The van der Waals surface area contributed by atoms with Crippen LogP contribution in [0.4, 0.5) is 10.5 Å². The molecule has 36 heavy (non-hydrogen) atoms. The first-order valence-corrected chi connectivity index (χ1v) is 12.6. The summed E-state index contributed by atoms with van der Waals surface area (Å²) in [5.41, 5.74) is 2.93. The van der Waals surface area contributed by atoms with E-state index in [0.29, 0.717) is 24.3 Å². The standard InChI is InChI=1S/C27H37N3O6/c31-19-22-16-21(10-11-24(22)32)25(33)17-28-12-3-1-2-4-13-36-14-6-8-20-7-5-9-23(15-20)30-18-26(34)29-27(30)35/h5,7,9-11,15-16,25,28,31-33H,1-4,6,8,12-14,17-19H2,(H,29,34,35)/t25-/m0/s1. The highest BCUT2D eigenvalue weighted by Gasteiger charge is 2.27. The van der Waals surface area contributed by atoms with Crippen LogP contribution in [0.3, 0.4) is 0 Å². The molecule has 1 atom stereocenters. The molecule has 0 unspecified atom stereocenters. The molecule has 1 aliphatic rings. The van der Waals surface area contributed by atoms with Crippen LogP contribution in [0.5, 0.6) is 5.75 Å². The van der Waals surface area contributed by atoms with Gasteiger partial charge in [-0.1, -0.05) is 31.0 Å². The molecule has 0 aliphatic carbocycles. The number of aryl methyl sites for hydroxylation is 1. The highest BCUT2D eigenvalue weighted by molar-refractivity contribution is 6.12. The lowest BCUT2D eigenvalue weighted by atomic mass is 10.1. The number of urea groups is 1. The predicted molar refractivity (Wildman–Crippen MR) is 137 cm³/mol. The Morgan fingerprint density at radius 1 is 1.03 bits per heavy atom. The summed E-state index contributed by atoms with van der Waals surface area (Å²) in [5, 5.41) is 34.6. The number of aliphatic hydroxyl groups is 2. The summed E-state index contributed by atoms with van der Waals surface area (Å²) < 4.78 is 5.75. The molecule has 2 aromatic rings. The van der Waals surface area contributed by atoms with Crippen LogP contribution in [0.2, 0.25) is 0 Å². The van der Waals surface area contributed by atoms with Crippen molar-refractivity contribution in [3.63, 3.8) is 0 Å². The Morgan fingerprint density at radius 2 is 1.83 bits per heavy atom. The number of aliphatic hydroxyl groups excluding tert-OH is 2. The number of ether oxygens (including phenoxy) is 1. The van der Waals surface area contributed by atoms with E-state index in [4.69, 9.17) is 4.74 Å². The Labute approximate surface area is 212 Å². The minimum atomic E-state index is -0.685. The molecule has 5 N–H and O–H groups in total. The van der Waals surface area contributed by atoms with Crippen molar-refractivity contribution in [2.45, 2.75) is 51.2 Å². The number of imide groups is 1. The quantitative estimate of drug-likeness (QED) is 0.177. The SMILES string of the molecule is O=C1CN(c2cccc(CCCOCCCCCCNC[C@H](O)c3ccc(O)c(CO)c3)c2)C(=O)N1. The molecule has 1 heterocycles. The van der Waals surface area contributed by atoms with Crippen LogP contribution in [0.15, 0.2) is 42.5 Å². The van der Waals surface area contributed by atoms with Crippen LogP contribution in [0.1, 0.15) is 54.9 Å². The fourth-order valence-electron chi connectivity index (χ4n) is 4.11. The lowest BCUT2D eigenvalue weighted by Crippen LogP contribution is -2.27. The Hall–Kier alpha value is -2.98. The second kappa shape index (κ2) is 14.5. The first-order chi connectivity index (χ1) is 17.5. The van der Waals surface area contributed by atoms with Crippen LogP contribution >= 0.6 is 0 Å². The molecule has 0 aromatic heterocycles. The number of unbranched alkanes of at least 4 members (excludes halogenated alkanes) is 3. The van der Waals surface area contributed by atoms with Crippen molar-refractivity contribution in [3.8, 4) is 5.75 Å². The topological polar surface area (TPSA) is 131 Å². The summed E-state index contributed by atoms with van der Waals surface area (Å²) in [7, 11) is 0. The third-order valence-corrected chi connectivity index (χ3v) is 6.16. The van der Waals surface area contributed by atoms with Crippen LogP contribution in [0, 0.1) is 0 Å². The molecule has 1 saturated heterocycles. The first kappa shape index (κ1) is 27.6. The zero-order valence-electron chi connectivity index (χ0n) is 20.6. The summed E-state index contributed by atoms with van der Waals surface area (Å²) in [5.74, 6) is -0.248. The van der Waals surface area contributed by atoms with Crippen molar-refractivity contribution in [2.24, 2.45) is 0 Å². The summed E-state index contributed by atoms with van der Waals surface area (Å²) in [6, 6.07) is 12.1. The van der Waals surface area contributed by atoms with E-state index in [1.165, 1.54) is 11.0 Å². The van der Waals surface area contributed by atoms with Crippen molar-refractivity contribution < 1.29 is 29.6 Å². The van der Waals surface area contributed by atoms with Crippen LogP contribution < -0.4 is 15.5 Å². The Bertz CT molecular complexity index is 999. The predicted octanol–water partition coefficient (Wildman–Crippen LogP) is 2.77. The van der Waals surface area contributed by atoms with Gasteiger partial charge in [0.15, 0.2) is 0 Å². The maximum Gasteiger partial charge on any atom is 0.329 e. The molecular formula is C27H37N3O6. The lowest BCUT2D eigenvalue weighted by molar-refractivity contribution is -0.117. The van der Waals surface area contributed by atoms with Gasteiger partial charge in [-0.2, -0.15) is 0 Å². The molecule has 0 saturated carbocycles. The molecule has 3 rings (SSSR count). The maximum absolute atomic E-state index is 11.8. The van der Waals surface area contributed by atoms with Crippen molar-refractivity contribution in [2.75, 3.05) is 37.7 Å². The Balaban J connectivity index is 1.18. The second-order valence-electron chi connectivity index (χ2n) is 9.01. The smallest absolute Gasteiger partial charge is 0.329 e. The van der Waals surface area contributed by atoms with Gasteiger partial charge in [-0.15, -0.1) is 0 Å². The average Bonchev–Trinajstić information content (AvgIpc) is 3.22. The molecule has 1 fully saturated rings. The average molecular weight is 500 g/mol. The van der Waals surface area contributed by atoms with Gasteiger partial charge in [0.1, 0.15) is 12.3 Å². The molecule has 0 radical (unpaired) electrons. The molecule has 0 spiro atoms. The lowest BCUT2D eigenvalue weighted by Gasteiger charge is -2.14. The zero-order valence-corrected chi connectivity index (χ0v) is 20.6. The number of nitrogens with zero attached hydrogens (tertiary/aromatic N) is 1. The van der Waals surface area contributed by atoms with Crippen molar-refractivity contribution in [1.29, 1.82) is 0 Å². The van der Waals surface area contributed by atoms with Crippen molar-refractivity contribution in [3.05, 3.63) is 59.2 Å². The number of phenols is 1.